The average molecular weight is 380 g/mol. The highest BCUT2D eigenvalue weighted by molar-refractivity contribution is 6.00. The molecule has 6 heteroatoms. The third kappa shape index (κ3) is 3.20. The van der Waals surface area contributed by atoms with Crippen molar-refractivity contribution in [3.05, 3.63) is 30.0 Å². The third-order valence-electron chi connectivity index (χ3n) is 6.76. The van der Waals surface area contributed by atoms with Gasteiger partial charge in [0.05, 0.1) is 0 Å². The predicted octanol–water partition coefficient (Wildman–Crippen LogP) is 2.25. The molecule has 6 nitrogen and oxygen atoms in total. The number of anilines is 1. The largest absolute Gasteiger partial charge is 0.493 e. The zero-order chi connectivity index (χ0) is 19.1. The summed E-state index contributed by atoms with van der Waals surface area (Å²) in [5.41, 5.74) is 2.49. The van der Waals surface area contributed by atoms with Crippen LogP contribution in [0.25, 0.3) is 10.8 Å². The first-order valence-corrected chi connectivity index (χ1v) is 10.5. The molecule has 2 fully saturated rings. The van der Waals surface area contributed by atoms with Crippen molar-refractivity contribution < 1.29 is 9.90 Å². The number of aromatic nitrogens is 1. The number of pyridine rings is 1. The summed E-state index contributed by atoms with van der Waals surface area (Å²) in [6.07, 6.45) is 5.99. The first kappa shape index (κ1) is 17.7. The molecule has 1 aromatic carbocycles. The fraction of sp³-hybridized carbons (Fsp3) is 0.545. The van der Waals surface area contributed by atoms with E-state index in [0.717, 1.165) is 64.0 Å². The fourth-order valence-corrected chi connectivity index (χ4v) is 4.92. The van der Waals surface area contributed by atoms with Gasteiger partial charge in [0.15, 0.2) is 0 Å². The highest BCUT2D eigenvalue weighted by Gasteiger charge is 2.27. The van der Waals surface area contributed by atoms with Crippen LogP contribution in [-0.2, 0) is 11.2 Å². The Balaban J connectivity index is 1.21. The number of hydrogen-bond acceptors (Lipinski definition) is 5. The molecule has 3 aliphatic heterocycles. The molecule has 1 aromatic heterocycles. The Morgan fingerprint density at radius 3 is 2.61 bits per heavy atom. The van der Waals surface area contributed by atoms with Crippen LogP contribution in [0.15, 0.2) is 24.4 Å². The van der Waals surface area contributed by atoms with Crippen LogP contribution in [0.3, 0.4) is 0 Å². The third-order valence-corrected chi connectivity index (χ3v) is 6.76. The van der Waals surface area contributed by atoms with Crippen molar-refractivity contribution in [2.75, 3.05) is 50.7 Å². The van der Waals surface area contributed by atoms with E-state index in [1.54, 1.807) is 0 Å². The molecule has 28 heavy (non-hydrogen) atoms. The van der Waals surface area contributed by atoms with E-state index in [1.807, 2.05) is 23.2 Å². The van der Waals surface area contributed by atoms with E-state index in [0.29, 0.717) is 11.8 Å². The van der Waals surface area contributed by atoms with Crippen molar-refractivity contribution in [2.24, 2.45) is 5.92 Å². The number of hydrogen-bond donors (Lipinski definition) is 1. The van der Waals surface area contributed by atoms with Gasteiger partial charge in [-0.15, -0.1) is 0 Å². The van der Waals surface area contributed by atoms with Gasteiger partial charge in [0.2, 0.25) is 11.8 Å². The van der Waals surface area contributed by atoms with E-state index in [1.165, 1.54) is 29.5 Å². The van der Waals surface area contributed by atoms with E-state index in [2.05, 4.69) is 20.9 Å². The average Bonchev–Trinajstić information content (AvgIpc) is 2.72. The number of rotatable bonds is 5. The van der Waals surface area contributed by atoms with Crippen LogP contribution in [0.5, 0.6) is 5.88 Å². The summed E-state index contributed by atoms with van der Waals surface area (Å²) in [6.45, 7) is 7.23. The maximum Gasteiger partial charge on any atom is 0.224 e. The first-order valence-electron chi connectivity index (χ1n) is 10.5. The van der Waals surface area contributed by atoms with Crippen molar-refractivity contribution >= 4 is 22.4 Å². The summed E-state index contributed by atoms with van der Waals surface area (Å²) >= 11 is 0. The van der Waals surface area contributed by atoms with Crippen molar-refractivity contribution in [1.82, 2.24) is 14.8 Å². The lowest BCUT2D eigenvalue weighted by molar-refractivity contribution is -0.140. The maximum absolute atomic E-state index is 11.4. The summed E-state index contributed by atoms with van der Waals surface area (Å²) in [5.74, 6) is 1.15. The topological polar surface area (TPSA) is 59.9 Å². The monoisotopic (exact) mass is 380 g/mol. The summed E-state index contributed by atoms with van der Waals surface area (Å²) in [7, 11) is 0. The lowest BCUT2D eigenvalue weighted by Gasteiger charge is -2.39. The van der Waals surface area contributed by atoms with E-state index in [4.69, 9.17) is 0 Å². The summed E-state index contributed by atoms with van der Waals surface area (Å²) in [5, 5.41) is 12.2. The normalized spacial score (nSPS) is 20.6. The zero-order valence-electron chi connectivity index (χ0n) is 16.3. The quantitative estimate of drug-likeness (QED) is 0.807. The van der Waals surface area contributed by atoms with Gasteiger partial charge in [0.1, 0.15) is 0 Å². The van der Waals surface area contributed by atoms with Gasteiger partial charge in [-0.2, -0.15) is 0 Å². The smallest absolute Gasteiger partial charge is 0.224 e. The Kier molecular flexibility index (Phi) is 4.59. The Morgan fingerprint density at radius 1 is 1.04 bits per heavy atom. The van der Waals surface area contributed by atoms with Crippen LogP contribution < -0.4 is 4.90 Å². The number of carbonyl (C=O) groups is 1. The van der Waals surface area contributed by atoms with E-state index < -0.39 is 0 Å². The molecule has 0 unspecified atom stereocenters. The highest BCUT2D eigenvalue weighted by Crippen LogP contribution is 2.37. The minimum atomic E-state index is 0.136. The van der Waals surface area contributed by atoms with Gasteiger partial charge in [-0.05, 0) is 56.0 Å². The standard InChI is InChI=1S/C22H28N4O2/c27-20-7-11-25(20)13-12-24-8-4-16(5-9-24)15-26-10-6-17-14-23-22(28)18-2-1-3-19(26)21(17)18/h1-3,14,16H,4-13,15H2,(H,23,28). The van der Waals surface area contributed by atoms with E-state index >= 15 is 0 Å². The van der Waals surface area contributed by atoms with Gasteiger partial charge in [-0.3, -0.25) is 4.79 Å². The number of piperidine rings is 1. The van der Waals surface area contributed by atoms with Crippen LogP contribution in [-0.4, -0.2) is 71.6 Å². The van der Waals surface area contributed by atoms with Crippen molar-refractivity contribution in [2.45, 2.75) is 25.7 Å². The van der Waals surface area contributed by atoms with E-state index in [-0.39, 0.29) is 5.88 Å². The molecule has 5 rings (SSSR count). The SMILES string of the molecule is O=C1CCN1CCN1CCC(CN2CCc3cnc(O)c4cccc2c34)CC1. The van der Waals surface area contributed by atoms with Crippen molar-refractivity contribution in [3.8, 4) is 5.88 Å². The molecule has 3 aliphatic rings. The van der Waals surface area contributed by atoms with Crippen molar-refractivity contribution in [1.29, 1.82) is 0 Å². The molecule has 0 spiro atoms. The molecule has 0 saturated carbocycles. The molecule has 1 N–H and O–H groups in total. The number of aromatic hydroxyl groups is 1. The molecule has 1 amide bonds. The Bertz CT molecular complexity index is 891. The molecule has 0 radical (unpaired) electrons. The molecule has 2 saturated heterocycles. The Morgan fingerprint density at radius 2 is 1.86 bits per heavy atom. The van der Waals surface area contributed by atoms with E-state index in [9.17, 15) is 9.90 Å². The molecular formula is C22H28N4O2. The first-order chi connectivity index (χ1) is 13.7. The van der Waals surface area contributed by atoms with Crippen molar-refractivity contribution in [3.63, 3.8) is 0 Å². The van der Waals surface area contributed by atoms with Crippen LogP contribution in [0.4, 0.5) is 5.69 Å². The number of carbonyl (C=O) groups excluding carboxylic acids is 1. The minimum absolute atomic E-state index is 0.136. The molecule has 2 aromatic rings. The molecule has 0 bridgehead atoms. The molecule has 148 valence electrons. The highest BCUT2D eigenvalue weighted by atomic mass is 16.3. The van der Waals surface area contributed by atoms with Crippen LogP contribution in [0, 0.1) is 5.92 Å². The summed E-state index contributed by atoms with van der Waals surface area (Å²) in [4.78, 5) is 22.6. The minimum Gasteiger partial charge on any atom is -0.493 e. The van der Waals surface area contributed by atoms with Crippen LogP contribution >= 0.6 is 0 Å². The Hall–Kier alpha value is -2.34. The zero-order valence-corrected chi connectivity index (χ0v) is 16.3. The Labute approximate surface area is 165 Å². The number of nitrogens with zero attached hydrogens (tertiary/aromatic N) is 4. The molecular weight excluding hydrogens is 352 g/mol. The van der Waals surface area contributed by atoms with Gasteiger partial charge in [-0.1, -0.05) is 6.07 Å². The predicted molar refractivity (Wildman–Crippen MR) is 110 cm³/mol. The van der Waals surface area contributed by atoms with Gasteiger partial charge in [0.25, 0.3) is 0 Å². The van der Waals surface area contributed by atoms with Gasteiger partial charge in [-0.25, -0.2) is 4.98 Å². The lowest BCUT2D eigenvalue weighted by Crippen LogP contribution is -2.48. The lowest BCUT2D eigenvalue weighted by atomic mass is 9.93. The number of benzene rings is 1. The van der Waals surface area contributed by atoms with Gasteiger partial charge < -0.3 is 19.8 Å². The summed E-state index contributed by atoms with van der Waals surface area (Å²) in [6, 6.07) is 6.18. The number of likely N-dealkylation sites (tertiary alicyclic amines) is 2. The maximum atomic E-state index is 11.4. The van der Waals surface area contributed by atoms with Crippen LogP contribution in [0.2, 0.25) is 0 Å². The van der Waals surface area contributed by atoms with Gasteiger partial charge in [0, 0.05) is 61.8 Å². The molecule has 4 heterocycles. The second kappa shape index (κ2) is 7.24. The number of amides is 1. The van der Waals surface area contributed by atoms with Crippen LogP contribution in [0.1, 0.15) is 24.8 Å². The molecule has 0 aliphatic carbocycles. The second-order valence-corrected chi connectivity index (χ2v) is 8.42. The van der Waals surface area contributed by atoms with Gasteiger partial charge >= 0.3 is 0 Å². The number of β-lactam (4-membered cyclic amide) rings is 1. The fourth-order valence-electron chi connectivity index (χ4n) is 4.92. The molecule has 0 atom stereocenters. The second-order valence-electron chi connectivity index (χ2n) is 8.42. The summed E-state index contributed by atoms with van der Waals surface area (Å²) < 4.78 is 0.